The molecule has 0 spiro atoms. The SMILES string of the molecule is c1ccc([C@@H]2CCOC(c3cccc(C4=N[C@H](c5ccccc5)CCO4)n3)=N2)cc1. The van der Waals surface area contributed by atoms with Crippen molar-refractivity contribution in [1.82, 2.24) is 4.98 Å². The van der Waals surface area contributed by atoms with Gasteiger partial charge in [-0.2, -0.15) is 0 Å². The highest BCUT2D eigenvalue weighted by atomic mass is 16.5. The number of hydrogen-bond acceptors (Lipinski definition) is 5. The molecule has 3 aromatic rings. The monoisotopic (exact) mass is 397 g/mol. The lowest BCUT2D eigenvalue weighted by atomic mass is 10.0. The lowest BCUT2D eigenvalue weighted by Crippen LogP contribution is -2.22. The second kappa shape index (κ2) is 8.49. The van der Waals surface area contributed by atoms with Crippen LogP contribution in [0.3, 0.4) is 0 Å². The summed E-state index contributed by atoms with van der Waals surface area (Å²) in [4.78, 5) is 14.4. The van der Waals surface area contributed by atoms with Crippen molar-refractivity contribution in [3.05, 3.63) is 101 Å². The molecule has 0 bridgehead atoms. The maximum absolute atomic E-state index is 5.86. The largest absolute Gasteiger partial charge is 0.476 e. The molecule has 2 atom stereocenters. The van der Waals surface area contributed by atoms with Crippen molar-refractivity contribution < 1.29 is 9.47 Å². The van der Waals surface area contributed by atoms with E-state index in [4.69, 9.17) is 24.4 Å². The topological polar surface area (TPSA) is 56.1 Å². The number of hydrogen-bond donors (Lipinski definition) is 0. The van der Waals surface area contributed by atoms with Crippen molar-refractivity contribution in [3.63, 3.8) is 0 Å². The van der Waals surface area contributed by atoms with E-state index < -0.39 is 0 Å². The Morgan fingerprint density at radius 2 is 1.03 bits per heavy atom. The zero-order valence-electron chi connectivity index (χ0n) is 16.6. The van der Waals surface area contributed by atoms with E-state index in [1.807, 2.05) is 54.6 Å². The normalized spacial score (nSPS) is 21.1. The number of ether oxygens (including phenoxy) is 2. The minimum Gasteiger partial charge on any atom is -0.476 e. The Morgan fingerprint density at radius 1 is 0.567 bits per heavy atom. The zero-order valence-corrected chi connectivity index (χ0v) is 16.6. The summed E-state index contributed by atoms with van der Waals surface area (Å²) in [5, 5.41) is 0. The molecule has 5 heteroatoms. The lowest BCUT2D eigenvalue weighted by molar-refractivity contribution is 0.259. The number of nitrogens with zero attached hydrogens (tertiary/aromatic N) is 3. The quantitative estimate of drug-likeness (QED) is 0.629. The van der Waals surface area contributed by atoms with Crippen LogP contribution in [0.5, 0.6) is 0 Å². The highest BCUT2D eigenvalue weighted by Crippen LogP contribution is 2.27. The van der Waals surface area contributed by atoms with Crippen LogP contribution in [0.15, 0.2) is 88.8 Å². The van der Waals surface area contributed by atoms with Gasteiger partial charge in [0, 0.05) is 12.8 Å². The van der Waals surface area contributed by atoms with Crippen LogP contribution in [0, 0.1) is 0 Å². The summed E-state index contributed by atoms with van der Waals surface area (Å²) in [5.74, 6) is 1.15. The van der Waals surface area contributed by atoms with Crippen molar-refractivity contribution in [2.45, 2.75) is 24.9 Å². The third-order valence-electron chi connectivity index (χ3n) is 5.36. The Morgan fingerprint density at radius 3 is 1.50 bits per heavy atom. The predicted octanol–water partition coefficient (Wildman–Crippen LogP) is 4.90. The molecule has 150 valence electrons. The van der Waals surface area contributed by atoms with Crippen LogP contribution in [0.1, 0.15) is 47.4 Å². The molecule has 2 aliphatic rings. The summed E-state index contributed by atoms with van der Waals surface area (Å²) in [6, 6.07) is 26.6. The number of pyridine rings is 1. The van der Waals surface area contributed by atoms with Crippen LogP contribution in [0.4, 0.5) is 0 Å². The van der Waals surface area contributed by atoms with Gasteiger partial charge in [-0.3, -0.25) is 0 Å². The van der Waals surface area contributed by atoms with Crippen LogP contribution in [0.25, 0.3) is 0 Å². The first-order valence-corrected chi connectivity index (χ1v) is 10.4. The van der Waals surface area contributed by atoms with Gasteiger partial charge in [-0.15, -0.1) is 0 Å². The molecule has 0 amide bonds. The number of benzene rings is 2. The maximum Gasteiger partial charge on any atom is 0.235 e. The van der Waals surface area contributed by atoms with Crippen molar-refractivity contribution >= 4 is 11.8 Å². The molecule has 0 saturated heterocycles. The van der Waals surface area contributed by atoms with Gasteiger partial charge in [-0.1, -0.05) is 66.7 Å². The minimum atomic E-state index is 0.0890. The fraction of sp³-hybridized carbons (Fsp3) is 0.240. The van der Waals surface area contributed by atoms with Crippen LogP contribution in [-0.2, 0) is 9.47 Å². The van der Waals surface area contributed by atoms with Gasteiger partial charge >= 0.3 is 0 Å². The van der Waals surface area contributed by atoms with Crippen LogP contribution in [-0.4, -0.2) is 30.0 Å². The third-order valence-corrected chi connectivity index (χ3v) is 5.36. The van der Waals surface area contributed by atoms with Crippen LogP contribution < -0.4 is 0 Å². The second-order valence-corrected chi connectivity index (χ2v) is 7.40. The lowest BCUT2D eigenvalue weighted by Gasteiger charge is -2.23. The minimum absolute atomic E-state index is 0.0890. The van der Waals surface area contributed by atoms with Gasteiger partial charge in [0.15, 0.2) is 0 Å². The Hall–Kier alpha value is -3.47. The highest BCUT2D eigenvalue weighted by molar-refractivity contribution is 5.96. The van der Waals surface area contributed by atoms with Crippen molar-refractivity contribution in [2.24, 2.45) is 9.98 Å². The molecule has 0 saturated carbocycles. The molecule has 2 aliphatic heterocycles. The summed E-state index contributed by atoms with van der Waals surface area (Å²) in [6.45, 7) is 1.25. The summed E-state index contributed by atoms with van der Waals surface area (Å²) < 4.78 is 11.7. The van der Waals surface area contributed by atoms with E-state index in [9.17, 15) is 0 Å². The highest BCUT2D eigenvalue weighted by Gasteiger charge is 2.23. The van der Waals surface area contributed by atoms with Crippen molar-refractivity contribution in [1.29, 1.82) is 0 Å². The summed E-state index contributed by atoms with van der Waals surface area (Å²) in [5.41, 5.74) is 3.81. The van der Waals surface area contributed by atoms with Crippen LogP contribution >= 0.6 is 0 Å². The molecule has 5 rings (SSSR count). The predicted molar refractivity (Wildman–Crippen MR) is 117 cm³/mol. The van der Waals surface area contributed by atoms with Gasteiger partial charge in [0.1, 0.15) is 11.4 Å². The van der Waals surface area contributed by atoms with E-state index in [1.54, 1.807) is 0 Å². The van der Waals surface area contributed by atoms with E-state index in [2.05, 4.69) is 24.3 Å². The van der Waals surface area contributed by atoms with E-state index in [0.717, 1.165) is 12.8 Å². The molecule has 0 radical (unpaired) electrons. The number of aromatic nitrogens is 1. The van der Waals surface area contributed by atoms with Gasteiger partial charge < -0.3 is 9.47 Å². The summed E-state index contributed by atoms with van der Waals surface area (Å²) in [7, 11) is 0. The average Bonchev–Trinajstić information content (AvgIpc) is 2.85. The number of aliphatic imine (C=N–C) groups is 2. The van der Waals surface area contributed by atoms with E-state index >= 15 is 0 Å². The van der Waals surface area contributed by atoms with Gasteiger partial charge in [-0.25, -0.2) is 15.0 Å². The molecule has 0 fully saturated rings. The molecule has 1 aromatic heterocycles. The molecule has 3 heterocycles. The van der Waals surface area contributed by atoms with Gasteiger partial charge in [0.05, 0.1) is 25.3 Å². The Balaban J connectivity index is 1.43. The molecule has 0 unspecified atom stereocenters. The molecule has 0 aliphatic carbocycles. The van der Waals surface area contributed by atoms with E-state index in [-0.39, 0.29) is 12.1 Å². The zero-order chi connectivity index (χ0) is 20.2. The number of rotatable bonds is 4. The first-order valence-electron chi connectivity index (χ1n) is 10.4. The Labute approximate surface area is 176 Å². The van der Waals surface area contributed by atoms with Gasteiger partial charge in [0.2, 0.25) is 11.8 Å². The molecule has 5 nitrogen and oxygen atoms in total. The molecule has 0 N–H and O–H groups in total. The van der Waals surface area contributed by atoms with Crippen LogP contribution in [0.2, 0.25) is 0 Å². The fourth-order valence-corrected chi connectivity index (χ4v) is 3.81. The fourth-order valence-electron chi connectivity index (χ4n) is 3.81. The molecule has 2 aromatic carbocycles. The first-order chi connectivity index (χ1) is 14.9. The average molecular weight is 397 g/mol. The smallest absolute Gasteiger partial charge is 0.235 e. The van der Waals surface area contributed by atoms with Gasteiger partial charge in [-0.05, 0) is 23.3 Å². The third kappa shape index (κ3) is 3.96. The summed E-state index contributed by atoms with van der Waals surface area (Å²) in [6.07, 6.45) is 1.73. The maximum atomic E-state index is 5.86. The van der Waals surface area contributed by atoms with Crippen molar-refractivity contribution in [3.8, 4) is 0 Å². The first kappa shape index (κ1) is 18.6. The standard InChI is InChI=1S/C25H23N3O2/c1-3-8-18(9-4-1)20-14-16-29-24(27-20)22-12-7-13-23(26-22)25-28-21(15-17-30-25)19-10-5-2-6-11-19/h1-13,20-21H,14-17H2/t20-,21-/m0/s1. The van der Waals surface area contributed by atoms with Crippen molar-refractivity contribution in [2.75, 3.05) is 13.2 Å². The molecule has 30 heavy (non-hydrogen) atoms. The summed E-state index contributed by atoms with van der Waals surface area (Å²) >= 11 is 0. The van der Waals surface area contributed by atoms with E-state index in [1.165, 1.54) is 11.1 Å². The van der Waals surface area contributed by atoms with Gasteiger partial charge in [0.25, 0.3) is 0 Å². The molecular formula is C25H23N3O2. The second-order valence-electron chi connectivity index (χ2n) is 7.40. The Bertz CT molecular complexity index is 981. The van der Waals surface area contributed by atoms with E-state index in [0.29, 0.717) is 36.4 Å². The molecular weight excluding hydrogens is 374 g/mol. The Kier molecular flexibility index (Phi) is 5.25.